The molecule has 0 aliphatic carbocycles. The predicted octanol–water partition coefficient (Wildman–Crippen LogP) is 1.10. The Kier molecular flexibility index (Phi) is 5.17. The van der Waals surface area contributed by atoms with Gasteiger partial charge in [0.2, 0.25) is 5.16 Å². The normalized spacial score (nSPS) is 10.6. The average Bonchev–Trinajstić information content (AvgIpc) is 2.84. The van der Waals surface area contributed by atoms with Crippen LogP contribution in [0.5, 0.6) is 5.75 Å². The largest absolute Gasteiger partial charge is 0.496 e. The Labute approximate surface area is 116 Å². The van der Waals surface area contributed by atoms with Gasteiger partial charge >= 0.3 is 0 Å². The molecule has 6 nitrogen and oxygen atoms in total. The summed E-state index contributed by atoms with van der Waals surface area (Å²) in [4.78, 5) is 0. The molecular weight excluding hydrogens is 262 g/mol. The van der Waals surface area contributed by atoms with Crippen molar-refractivity contribution in [1.82, 2.24) is 25.5 Å². The van der Waals surface area contributed by atoms with Gasteiger partial charge in [-0.05, 0) is 16.5 Å². The third kappa shape index (κ3) is 3.93. The monoisotopic (exact) mass is 279 g/mol. The number of nitrogens with zero attached hydrogens (tertiary/aromatic N) is 4. The van der Waals surface area contributed by atoms with Crippen molar-refractivity contribution in [3.63, 3.8) is 0 Å². The fourth-order valence-electron chi connectivity index (χ4n) is 1.63. The number of nitrogens with one attached hydrogen (secondary N) is 1. The molecule has 0 aliphatic rings. The van der Waals surface area contributed by atoms with E-state index >= 15 is 0 Å². The van der Waals surface area contributed by atoms with Crippen LogP contribution in [0, 0.1) is 0 Å². The van der Waals surface area contributed by atoms with Gasteiger partial charge in [-0.3, -0.25) is 0 Å². The van der Waals surface area contributed by atoms with E-state index in [9.17, 15) is 0 Å². The molecule has 0 bridgehead atoms. The molecule has 1 N–H and O–H groups in total. The lowest BCUT2D eigenvalue weighted by atomic mass is 10.2. The number of benzene rings is 1. The van der Waals surface area contributed by atoms with Gasteiger partial charge in [-0.1, -0.05) is 30.0 Å². The smallest absolute Gasteiger partial charge is 0.209 e. The highest BCUT2D eigenvalue weighted by Crippen LogP contribution is 2.16. The van der Waals surface area contributed by atoms with Crippen LogP contribution < -0.4 is 10.1 Å². The highest BCUT2D eigenvalue weighted by atomic mass is 32.2. The van der Waals surface area contributed by atoms with Crippen LogP contribution in [0.25, 0.3) is 0 Å². The van der Waals surface area contributed by atoms with E-state index < -0.39 is 0 Å². The second-order valence-electron chi connectivity index (χ2n) is 3.92. The molecule has 1 heterocycles. The molecule has 0 radical (unpaired) electrons. The number of ether oxygens (including phenoxy) is 1. The minimum atomic E-state index is 0.793. The molecule has 0 spiro atoms. The van der Waals surface area contributed by atoms with Gasteiger partial charge in [-0.15, -0.1) is 5.10 Å². The molecule has 0 saturated carbocycles. The first kappa shape index (κ1) is 13.8. The minimum Gasteiger partial charge on any atom is -0.496 e. The van der Waals surface area contributed by atoms with Gasteiger partial charge in [0.15, 0.2) is 0 Å². The molecule has 1 aromatic heterocycles. The number of thioether (sulfide) groups is 1. The Balaban J connectivity index is 1.71. The van der Waals surface area contributed by atoms with Gasteiger partial charge in [0.1, 0.15) is 5.75 Å². The summed E-state index contributed by atoms with van der Waals surface area (Å²) in [6, 6.07) is 8.02. The van der Waals surface area contributed by atoms with Crippen LogP contribution in [0.15, 0.2) is 29.4 Å². The Morgan fingerprint density at radius 2 is 2.21 bits per heavy atom. The summed E-state index contributed by atoms with van der Waals surface area (Å²) in [6.07, 6.45) is 0. The number of methoxy groups -OCH3 is 1. The maximum Gasteiger partial charge on any atom is 0.209 e. The van der Waals surface area contributed by atoms with Crippen LogP contribution >= 0.6 is 11.8 Å². The average molecular weight is 279 g/mol. The van der Waals surface area contributed by atoms with E-state index in [4.69, 9.17) is 4.74 Å². The lowest BCUT2D eigenvalue weighted by Crippen LogP contribution is -2.17. The molecule has 0 atom stereocenters. The van der Waals surface area contributed by atoms with Crippen molar-refractivity contribution in [2.75, 3.05) is 19.4 Å². The second kappa shape index (κ2) is 7.10. The molecule has 2 aromatic rings. The maximum absolute atomic E-state index is 5.30. The van der Waals surface area contributed by atoms with Gasteiger partial charge in [0.25, 0.3) is 0 Å². The highest BCUT2D eigenvalue weighted by Gasteiger charge is 2.03. The Hall–Kier alpha value is -1.60. The van der Waals surface area contributed by atoms with Crippen molar-refractivity contribution >= 4 is 11.8 Å². The molecule has 0 unspecified atom stereocenters. The van der Waals surface area contributed by atoms with Crippen molar-refractivity contribution in [3.05, 3.63) is 29.8 Å². The van der Waals surface area contributed by atoms with Crippen LogP contribution in [-0.2, 0) is 13.6 Å². The number of aromatic nitrogens is 4. The van der Waals surface area contributed by atoms with E-state index in [-0.39, 0.29) is 0 Å². The standard InChI is InChI=1S/C12H17N5OS/c1-17-12(14-15-16-17)19-8-7-13-9-10-5-3-4-6-11(10)18-2/h3-6,13H,7-9H2,1-2H3. The molecule has 2 rings (SSSR count). The van der Waals surface area contributed by atoms with E-state index in [2.05, 4.69) is 26.9 Å². The first-order valence-corrected chi connectivity index (χ1v) is 6.97. The lowest BCUT2D eigenvalue weighted by molar-refractivity contribution is 0.408. The first-order valence-electron chi connectivity index (χ1n) is 5.99. The van der Waals surface area contributed by atoms with Crippen LogP contribution in [-0.4, -0.2) is 39.6 Å². The third-order valence-electron chi connectivity index (χ3n) is 2.60. The zero-order chi connectivity index (χ0) is 13.5. The minimum absolute atomic E-state index is 0.793. The number of tetrazole rings is 1. The van der Waals surface area contributed by atoms with Gasteiger partial charge in [0.05, 0.1) is 7.11 Å². The molecule has 1 aromatic carbocycles. The van der Waals surface area contributed by atoms with Crippen LogP contribution in [0.1, 0.15) is 5.56 Å². The molecule has 0 saturated heterocycles. The number of para-hydroxylation sites is 1. The number of aryl methyl sites for hydroxylation is 1. The van der Waals surface area contributed by atoms with Crippen molar-refractivity contribution in [1.29, 1.82) is 0 Å². The Bertz CT molecular complexity index is 516. The molecule has 7 heteroatoms. The second-order valence-corrected chi connectivity index (χ2v) is 4.98. The zero-order valence-electron chi connectivity index (χ0n) is 11.0. The summed E-state index contributed by atoms with van der Waals surface area (Å²) in [5.74, 6) is 1.84. The maximum atomic E-state index is 5.30. The van der Waals surface area contributed by atoms with Crippen molar-refractivity contribution in [2.45, 2.75) is 11.7 Å². The van der Waals surface area contributed by atoms with Gasteiger partial charge in [-0.2, -0.15) is 0 Å². The first-order chi connectivity index (χ1) is 9.31. The molecular formula is C12H17N5OS. The summed E-state index contributed by atoms with van der Waals surface area (Å²) < 4.78 is 6.97. The zero-order valence-corrected chi connectivity index (χ0v) is 11.9. The molecule has 102 valence electrons. The van der Waals surface area contributed by atoms with Gasteiger partial charge in [0, 0.05) is 31.5 Å². The highest BCUT2D eigenvalue weighted by molar-refractivity contribution is 7.99. The summed E-state index contributed by atoms with van der Waals surface area (Å²) in [7, 11) is 3.53. The van der Waals surface area contributed by atoms with Crippen LogP contribution in [0.2, 0.25) is 0 Å². The van der Waals surface area contributed by atoms with Crippen LogP contribution in [0.3, 0.4) is 0 Å². The van der Waals surface area contributed by atoms with Crippen molar-refractivity contribution in [3.8, 4) is 5.75 Å². The summed E-state index contributed by atoms with van der Waals surface area (Å²) in [5.41, 5.74) is 1.16. The fourth-order valence-corrected chi connectivity index (χ4v) is 2.38. The third-order valence-corrected chi connectivity index (χ3v) is 3.61. The SMILES string of the molecule is COc1ccccc1CNCCSc1nnnn1C. The summed E-state index contributed by atoms with van der Waals surface area (Å²) >= 11 is 1.63. The van der Waals surface area contributed by atoms with Crippen molar-refractivity contribution < 1.29 is 4.74 Å². The van der Waals surface area contributed by atoms with E-state index in [1.54, 1.807) is 23.6 Å². The predicted molar refractivity (Wildman–Crippen MR) is 74.2 cm³/mol. The van der Waals surface area contributed by atoms with Gasteiger partial charge in [-0.25, -0.2) is 4.68 Å². The quantitative estimate of drug-likeness (QED) is 0.605. The van der Waals surface area contributed by atoms with Crippen LogP contribution in [0.4, 0.5) is 0 Å². The number of hydrogen-bond donors (Lipinski definition) is 1. The topological polar surface area (TPSA) is 64.9 Å². The molecule has 0 aliphatic heterocycles. The summed E-state index contributed by atoms with van der Waals surface area (Å²) in [5, 5.41) is 15.5. The molecule has 19 heavy (non-hydrogen) atoms. The van der Waals surface area contributed by atoms with E-state index in [1.165, 1.54) is 0 Å². The Morgan fingerprint density at radius 3 is 2.95 bits per heavy atom. The number of hydrogen-bond acceptors (Lipinski definition) is 6. The van der Waals surface area contributed by atoms with E-state index in [0.717, 1.165) is 35.3 Å². The van der Waals surface area contributed by atoms with E-state index in [1.807, 2.05) is 25.2 Å². The van der Waals surface area contributed by atoms with Gasteiger partial charge < -0.3 is 10.1 Å². The lowest BCUT2D eigenvalue weighted by Gasteiger charge is -2.08. The molecule has 0 fully saturated rings. The molecule has 0 amide bonds. The van der Waals surface area contributed by atoms with E-state index in [0.29, 0.717) is 0 Å². The summed E-state index contributed by atoms with van der Waals surface area (Å²) in [6.45, 7) is 1.68. The Morgan fingerprint density at radius 1 is 1.37 bits per heavy atom. The fraction of sp³-hybridized carbons (Fsp3) is 0.417. The number of rotatable bonds is 7. The van der Waals surface area contributed by atoms with Crippen molar-refractivity contribution in [2.24, 2.45) is 7.05 Å².